The number of nitrogens with zero attached hydrogens (tertiary/aromatic N) is 1. The fourth-order valence-corrected chi connectivity index (χ4v) is 2.82. The highest BCUT2D eigenvalue weighted by atomic mass is 16.5. The number of carbonyl (C=O) groups excluding carboxylic acids is 2. The van der Waals surface area contributed by atoms with Gasteiger partial charge in [0.2, 0.25) is 0 Å². The van der Waals surface area contributed by atoms with E-state index in [1.807, 2.05) is 25.7 Å². The van der Waals surface area contributed by atoms with Crippen LogP contribution in [0.4, 0.5) is 0 Å². The third-order valence-corrected chi connectivity index (χ3v) is 4.56. The van der Waals surface area contributed by atoms with Gasteiger partial charge in [0.15, 0.2) is 18.1 Å². The lowest BCUT2D eigenvalue weighted by atomic mass is 10.1. The molecular weight excluding hydrogens is 332 g/mol. The van der Waals surface area contributed by atoms with Crippen molar-refractivity contribution < 1.29 is 19.1 Å². The van der Waals surface area contributed by atoms with Gasteiger partial charge in [0.1, 0.15) is 0 Å². The van der Waals surface area contributed by atoms with Crippen molar-refractivity contribution in [1.29, 1.82) is 0 Å². The number of ether oxygens (including phenoxy) is 2. The Balaban J connectivity index is 2.02. The number of nitrogens with one attached hydrogen (secondary N) is 1. The SMILES string of the molecule is CCOc1cc(C(=O)NC(C)CC)ccc1OCC(=O)N1CCCCC1. The third kappa shape index (κ3) is 5.64. The Morgan fingerprint density at radius 2 is 1.85 bits per heavy atom. The Bertz CT molecular complexity index is 612. The van der Waals surface area contributed by atoms with E-state index in [1.165, 1.54) is 6.42 Å². The molecule has 1 aromatic carbocycles. The van der Waals surface area contributed by atoms with Gasteiger partial charge in [0.25, 0.3) is 11.8 Å². The van der Waals surface area contributed by atoms with E-state index in [9.17, 15) is 9.59 Å². The summed E-state index contributed by atoms with van der Waals surface area (Å²) in [5.41, 5.74) is 0.517. The lowest BCUT2D eigenvalue weighted by molar-refractivity contribution is -0.134. The molecule has 1 aliphatic rings. The molecule has 1 saturated heterocycles. The smallest absolute Gasteiger partial charge is 0.260 e. The summed E-state index contributed by atoms with van der Waals surface area (Å²) in [6, 6.07) is 5.17. The molecule has 0 spiro atoms. The van der Waals surface area contributed by atoms with Gasteiger partial charge < -0.3 is 19.7 Å². The first-order chi connectivity index (χ1) is 12.5. The molecule has 1 unspecified atom stereocenters. The molecule has 1 heterocycles. The molecule has 0 aliphatic carbocycles. The van der Waals surface area contributed by atoms with Crippen LogP contribution >= 0.6 is 0 Å². The average molecular weight is 362 g/mol. The molecule has 1 aliphatic heterocycles. The van der Waals surface area contributed by atoms with Gasteiger partial charge in [-0.25, -0.2) is 0 Å². The van der Waals surface area contributed by atoms with E-state index in [0.717, 1.165) is 32.4 Å². The highest BCUT2D eigenvalue weighted by molar-refractivity contribution is 5.95. The summed E-state index contributed by atoms with van der Waals surface area (Å²) < 4.78 is 11.3. The van der Waals surface area contributed by atoms with Gasteiger partial charge in [-0.05, 0) is 57.7 Å². The molecule has 6 heteroatoms. The first kappa shape index (κ1) is 20.1. The Morgan fingerprint density at radius 3 is 2.50 bits per heavy atom. The Kier molecular flexibility index (Phi) is 7.75. The van der Waals surface area contributed by atoms with Gasteiger partial charge in [-0.15, -0.1) is 0 Å². The summed E-state index contributed by atoms with van der Waals surface area (Å²) in [4.78, 5) is 26.4. The van der Waals surface area contributed by atoms with E-state index in [4.69, 9.17) is 9.47 Å². The van der Waals surface area contributed by atoms with Crippen LogP contribution in [0.1, 0.15) is 56.8 Å². The number of carbonyl (C=O) groups is 2. The minimum absolute atomic E-state index is 0.00858. The molecule has 2 rings (SSSR count). The Hall–Kier alpha value is -2.24. The van der Waals surface area contributed by atoms with Crippen molar-refractivity contribution in [2.45, 2.75) is 52.5 Å². The van der Waals surface area contributed by atoms with Gasteiger partial charge >= 0.3 is 0 Å². The van der Waals surface area contributed by atoms with Crippen molar-refractivity contribution in [2.75, 3.05) is 26.3 Å². The number of benzene rings is 1. The van der Waals surface area contributed by atoms with Crippen LogP contribution in [-0.2, 0) is 4.79 Å². The predicted molar refractivity (Wildman–Crippen MR) is 101 cm³/mol. The molecule has 6 nitrogen and oxygen atoms in total. The summed E-state index contributed by atoms with van der Waals surface area (Å²) >= 11 is 0. The molecule has 1 aromatic rings. The second-order valence-corrected chi connectivity index (χ2v) is 6.61. The monoisotopic (exact) mass is 362 g/mol. The van der Waals surface area contributed by atoms with Gasteiger partial charge in [-0.2, -0.15) is 0 Å². The van der Waals surface area contributed by atoms with Crippen LogP contribution in [-0.4, -0.2) is 49.1 Å². The summed E-state index contributed by atoms with van der Waals surface area (Å²) in [5, 5.41) is 2.93. The molecule has 144 valence electrons. The second-order valence-electron chi connectivity index (χ2n) is 6.61. The minimum Gasteiger partial charge on any atom is -0.490 e. The van der Waals surface area contributed by atoms with E-state index in [0.29, 0.717) is 23.7 Å². The molecule has 1 N–H and O–H groups in total. The Morgan fingerprint density at radius 1 is 1.12 bits per heavy atom. The summed E-state index contributed by atoms with van der Waals surface area (Å²) in [7, 11) is 0. The van der Waals surface area contributed by atoms with Crippen molar-refractivity contribution in [3.8, 4) is 11.5 Å². The molecule has 0 radical (unpaired) electrons. The van der Waals surface area contributed by atoms with Crippen LogP contribution in [0.5, 0.6) is 11.5 Å². The number of rotatable bonds is 8. The Labute approximate surface area is 155 Å². The van der Waals surface area contributed by atoms with Crippen molar-refractivity contribution in [3.05, 3.63) is 23.8 Å². The predicted octanol–water partition coefficient (Wildman–Crippen LogP) is 3.00. The average Bonchev–Trinajstić information content (AvgIpc) is 2.67. The summed E-state index contributed by atoms with van der Waals surface area (Å²) in [6.07, 6.45) is 4.15. The van der Waals surface area contributed by atoms with Crippen LogP contribution in [0.3, 0.4) is 0 Å². The van der Waals surface area contributed by atoms with E-state index in [-0.39, 0.29) is 24.5 Å². The van der Waals surface area contributed by atoms with Crippen LogP contribution < -0.4 is 14.8 Å². The van der Waals surface area contributed by atoms with Gasteiger partial charge in [0.05, 0.1) is 6.61 Å². The van der Waals surface area contributed by atoms with E-state index < -0.39 is 0 Å². The zero-order valence-corrected chi connectivity index (χ0v) is 16.0. The van der Waals surface area contributed by atoms with Crippen molar-refractivity contribution in [1.82, 2.24) is 10.2 Å². The topological polar surface area (TPSA) is 67.9 Å². The van der Waals surface area contributed by atoms with E-state index in [2.05, 4.69) is 5.32 Å². The molecule has 1 fully saturated rings. The molecule has 0 saturated carbocycles. The number of hydrogen-bond acceptors (Lipinski definition) is 4. The van der Waals surface area contributed by atoms with Gasteiger partial charge in [-0.3, -0.25) is 9.59 Å². The van der Waals surface area contributed by atoms with Crippen LogP contribution in [0, 0.1) is 0 Å². The summed E-state index contributed by atoms with van der Waals surface area (Å²) in [6.45, 7) is 7.89. The number of amides is 2. The van der Waals surface area contributed by atoms with Crippen molar-refractivity contribution in [3.63, 3.8) is 0 Å². The zero-order valence-electron chi connectivity index (χ0n) is 16.0. The lowest BCUT2D eigenvalue weighted by Gasteiger charge is -2.26. The molecule has 0 bridgehead atoms. The summed E-state index contributed by atoms with van der Waals surface area (Å²) in [5.74, 6) is 0.815. The maximum absolute atomic E-state index is 12.3. The van der Waals surface area contributed by atoms with Crippen LogP contribution in [0.2, 0.25) is 0 Å². The first-order valence-electron chi connectivity index (χ1n) is 9.53. The number of likely N-dealkylation sites (tertiary alicyclic amines) is 1. The fraction of sp³-hybridized carbons (Fsp3) is 0.600. The largest absolute Gasteiger partial charge is 0.490 e. The standard InChI is InChI=1S/C20H30N2O4/c1-4-15(3)21-20(24)16-9-10-17(18(13-16)25-5-2)26-14-19(23)22-11-7-6-8-12-22/h9-10,13,15H,4-8,11-12,14H2,1-3H3,(H,21,24). The molecule has 26 heavy (non-hydrogen) atoms. The van der Waals surface area contributed by atoms with Crippen LogP contribution in [0.15, 0.2) is 18.2 Å². The van der Waals surface area contributed by atoms with E-state index in [1.54, 1.807) is 18.2 Å². The highest BCUT2D eigenvalue weighted by Gasteiger charge is 2.18. The molecule has 1 atom stereocenters. The lowest BCUT2D eigenvalue weighted by Crippen LogP contribution is -2.38. The molecule has 0 aromatic heterocycles. The van der Waals surface area contributed by atoms with E-state index >= 15 is 0 Å². The quantitative estimate of drug-likeness (QED) is 0.772. The maximum atomic E-state index is 12.3. The van der Waals surface area contributed by atoms with Gasteiger partial charge in [0, 0.05) is 24.7 Å². The van der Waals surface area contributed by atoms with Crippen LogP contribution in [0.25, 0.3) is 0 Å². The number of piperidine rings is 1. The fourth-order valence-electron chi connectivity index (χ4n) is 2.82. The second kappa shape index (κ2) is 10.0. The molecule has 2 amide bonds. The normalized spacial score (nSPS) is 15.3. The number of hydrogen-bond donors (Lipinski definition) is 1. The minimum atomic E-state index is -0.142. The third-order valence-electron chi connectivity index (χ3n) is 4.56. The maximum Gasteiger partial charge on any atom is 0.260 e. The first-order valence-corrected chi connectivity index (χ1v) is 9.53. The van der Waals surface area contributed by atoms with Crippen molar-refractivity contribution in [2.24, 2.45) is 0 Å². The zero-order chi connectivity index (χ0) is 18.9. The van der Waals surface area contributed by atoms with Gasteiger partial charge in [-0.1, -0.05) is 6.92 Å². The highest BCUT2D eigenvalue weighted by Crippen LogP contribution is 2.28. The molecular formula is C20H30N2O4. The van der Waals surface area contributed by atoms with Crippen molar-refractivity contribution >= 4 is 11.8 Å².